The topological polar surface area (TPSA) is 95.7 Å². The van der Waals surface area contributed by atoms with Crippen LogP contribution >= 0.6 is 24.0 Å². The van der Waals surface area contributed by atoms with E-state index >= 15 is 0 Å². The molecule has 1 atom stereocenters. The second-order valence-electron chi connectivity index (χ2n) is 6.27. The van der Waals surface area contributed by atoms with Crippen molar-refractivity contribution < 1.29 is 12.8 Å². The normalized spacial score (nSPS) is 14.0. The van der Waals surface area contributed by atoms with Crippen LogP contribution in [0.15, 0.2) is 21.5 Å². The Kier molecular flexibility index (Phi) is 9.29. The van der Waals surface area contributed by atoms with E-state index in [1.807, 2.05) is 32.9 Å². The number of aryl methyl sites for hydroxylation is 1. The van der Waals surface area contributed by atoms with Crippen molar-refractivity contribution in [2.45, 2.75) is 46.2 Å². The van der Waals surface area contributed by atoms with E-state index in [-0.39, 0.29) is 30.0 Å². The molecular weight excluding hydrogens is 443 g/mol. The van der Waals surface area contributed by atoms with Gasteiger partial charge in [0.05, 0.1) is 18.8 Å². The molecule has 0 fully saturated rings. The van der Waals surface area contributed by atoms with Crippen LogP contribution in [0, 0.1) is 6.92 Å². The third-order valence-electron chi connectivity index (χ3n) is 2.98. The van der Waals surface area contributed by atoms with Crippen molar-refractivity contribution in [3.63, 3.8) is 0 Å². The summed E-state index contributed by atoms with van der Waals surface area (Å²) in [6, 6.07) is 3.79. The molecule has 0 bridgehead atoms. The van der Waals surface area contributed by atoms with E-state index in [9.17, 15) is 8.42 Å². The standard InChI is InChI=1S/C15H28N4O3S.HI/c1-7-16-14(17-10-15(4,5)19-23(6,20)21)18-12(3)13-9-8-11(2)22-13;/h8-9,12,19H,7,10H2,1-6H3,(H2,16,17,18);1H. The molecule has 24 heavy (non-hydrogen) atoms. The molecule has 7 nitrogen and oxygen atoms in total. The quantitative estimate of drug-likeness (QED) is 0.321. The van der Waals surface area contributed by atoms with E-state index in [2.05, 4.69) is 20.3 Å². The minimum atomic E-state index is -3.28. The zero-order valence-electron chi connectivity index (χ0n) is 15.1. The Labute approximate surface area is 162 Å². The molecule has 0 aliphatic heterocycles. The highest BCUT2D eigenvalue weighted by Crippen LogP contribution is 2.15. The molecule has 0 radical (unpaired) electrons. The Morgan fingerprint density at radius 1 is 1.38 bits per heavy atom. The summed E-state index contributed by atoms with van der Waals surface area (Å²) in [4.78, 5) is 4.47. The Balaban J connectivity index is 0.00000529. The van der Waals surface area contributed by atoms with Gasteiger partial charge in [-0.15, -0.1) is 24.0 Å². The largest absolute Gasteiger partial charge is 0.464 e. The summed E-state index contributed by atoms with van der Waals surface area (Å²) in [6.07, 6.45) is 1.14. The number of rotatable bonds is 7. The predicted molar refractivity (Wildman–Crippen MR) is 108 cm³/mol. The van der Waals surface area contributed by atoms with Gasteiger partial charge in [0.15, 0.2) is 5.96 Å². The molecular formula is C15H29IN4O3S. The number of furan rings is 1. The third-order valence-corrected chi connectivity index (χ3v) is 3.90. The van der Waals surface area contributed by atoms with Crippen LogP contribution in [0.4, 0.5) is 0 Å². The van der Waals surface area contributed by atoms with Gasteiger partial charge in [-0.1, -0.05) is 0 Å². The molecule has 1 heterocycles. The van der Waals surface area contributed by atoms with Crippen LogP contribution < -0.4 is 15.4 Å². The summed E-state index contributed by atoms with van der Waals surface area (Å²) < 4.78 is 30.9. The number of sulfonamides is 1. The Bertz CT molecular complexity index is 641. The summed E-state index contributed by atoms with van der Waals surface area (Å²) in [6.45, 7) is 10.4. The third kappa shape index (κ3) is 8.88. The molecule has 0 amide bonds. The average molecular weight is 472 g/mol. The van der Waals surface area contributed by atoms with Crippen molar-refractivity contribution >= 4 is 40.0 Å². The maximum Gasteiger partial charge on any atom is 0.209 e. The number of hydrogen-bond donors (Lipinski definition) is 3. The molecule has 0 aliphatic rings. The van der Waals surface area contributed by atoms with Crippen molar-refractivity contribution in [1.29, 1.82) is 0 Å². The lowest BCUT2D eigenvalue weighted by molar-refractivity contribution is 0.439. The van der Waals surface area contributed by atoms with Crippen LogP contribution in [-0.2, 0) is 10.0 Å². The first-order chi connectivity index (χ1) is 10.5. The molecule has 3 N–H and O–H groups in total. The minimum Gasteiger partial charge on any atom is -0.464 e. The highest BCUT2D eigenvalue weighted by Gasteiger charge is 2.22. The van der Waals surface area contributed by atoms with Gasteiger partial charge >= 0.3 is 0 Å². The number of nitrogens with zero attached hydrogens (tertiary/aromatic N) is 1. The van der Waals surface area contributed by atoms with E-state index in [4.69, 9.17) is 4.42 Å². The van der Waals surface area contributed by atoms with Crippen LogP contribution in [-0.4, -0.2) is 39.3 Å². The van der Waals surface area contributed by atoms with Gasteiger partial charge in [-0.05, 0) is 46.8 Å². The van der Waals surface area contributed by atoms with Gasteiger partial charge in [-0.2, -0.15) is 0 Å². The van der Waals surface area contributed by atoms with Gasteiger partial charge in [0.2, 0.25) is 10.0 Å². The maximum atomic E-state index is 11.4. The van der Waals surface area contributed by atoms with Gasteiger partial charge in [0, 0.05) is 12.1 Å². The summed E-state index contributed by atoms with van der Waals surface area (Å²) in [5, 5.41) is 6.40. The van der Waals surface area contributed by atoms with Gasteiger partial charge < -0.3 is 15.1 Å². The van der Waals surface area contributed by atoms with Crippen LogP contribution in [0.3, 0.4) is 0 Å². The van der Waals surface area contributed by atoms with E-state index in [1.54, 1.807) is 13.8 Å². The molecule has 1 rings (SSSR count). The lowest BCUT2D eigenvalue weighted by Crippen LogP contribution is -2.47. The van der Waals surface area contributed by atoms with E-state index in [0.717, 1.165) is 17.8 Å². The monoisotopic (exact) mass is 472 g/mol. The van der Waals surface area contributed by atoms with Crippen LogP contribution in [0.25, 0.3) is 0 Å². The second kappa shape index (κ2) is 9.62. The smallest absolute Gasteiger partial charge is 0.209 e. The maximum absolute atomic E-state index is 11.4. The molecule has 9 heteroatoms. The fraction of sp³-hybridized carbons (Fsp3) is 0.667. The summed E-state index contributed by atoms with van der Waals surface area (Å²) in [5.41, 5.74) is -0.666. The average Bonchev–Trinajstić information content (AvgIpc) is 2.80. The molecule has 0 spiro atoms. The number of hydrogen-bond acceptors (Lipinski definition) is 4. The first-order valence-corrected chi connectivity index (χ1v) is 9.51. The van der Waals surface area contributed by atoms with Gasteiger partial charge in [-0.3, -0.25) is 4.99 Å². The molecule has 0 aromatic carbocycles. The summed E-state index contributed by atoms with van der Waals surface area (Å²) in [7, 11) is -3.28. The molecule has 1 aromatic rings. The van der Waals surface area contributed by atoms with Crippen LogP contribution in [0.2, 0.25) is 0 Å². The number of halogens is 1. The lowest BCUT2D eigenvalue weighted by atomic mass is 10.1. The fourth-order valence-electron chi connectivity index (χ4n) is 2.09. The molecule has 0 saturated heterocycles. The fourth-order valence-corrected chi connectivity index (χ4v) is 3.16. The SMILES string of the molecule is CCNC(=NCC(C)(C)NS(C)(=O)=O)NC(C)c1ccc(C)o1.I. The van der Waals surface area contributed by atoms with Gasteiger partial charge in [-0.25, -0.2) is 13.1 Å². The highest BCUT2D eigenvalue weighted by molar-refractivity contribution is 14.0. The minimum absolute atomic E-state index is 0. The first kappa shape index (κ1) is 23.2. The molecule has 0 aliphatic carbocycles. The Morgan fingerprint density at radius 3 is 2.46 bits per heavy atom. The van der Waals surface area contributed by atoms with Crippen molar-refractivity contribution in [1.82, 2.24) is 15.4 Å². The Hall–Kier alpha value is -0.810. The lowest BCUT2D eigenvalue weighted by Gasteiger charge is -2.24. The van der Waals surface area contributed by atoms with E-state index in [0.29, 0.717) is 19.0 Å². The van der Waals surface area contributed by atoms with Crippen molar-refractivity contribution in [2.24, 2.45) is 4.99 Å². The van der Waals surface area contributed by atoms with Crippen molar-refractivity contribution in [2.75, 3.05) is 19.3 Å². The van der Waals surface area contributed by atoms with Crippen molar-refractivity contribution in [3.8, 4) is 0 Å². The van der Waals surface area contributed by atoms with E-state index in [1.165, 1.54) is 0 Å². The summed E-state index contributed by atoms with van der Waals surface area (Å²) in [5.74, 6) is 2.29. The van der Waals surface area contributed by atoms with Gasteiger partial charge in [0.25, 0.3) is 0 Å². The van der Waals surface area contributed by atoms with E-state index < -0.39 is 15.6 Å². The number of aliphatic imine (C=N–C) groups is 1. The zero-order chi connectivity index (χ0) is 17.7. The van der Waals surface area contributed by atoms with Crippen LogP contribution in [0.1, 0.15) is 45.3 Å². The summed E-state index contributed by atoms with van der Waals surface area (Å²) >= 11 is 0. The molecule has 0 saturated carbocycles. The van der Waals surface area contributed by atoms with Gasteiger partial charge in [0.1, 0.15) is 11.5 Å². The predicted octanol–water partition coefficient (Wildman–Crippen LogP) is 2.15. The second-order valence-corrected chi connectivity index (χ2v) is 8.02. The first-order valence-electron chi connectivity index (χ1n) is 7.62. The Morgan fingerprint density at radius 2 is 2.00 bits per heavy atom. The van der Waals surface area contributed by atoms with Crippen molar-refractivity contribution in [3.05, 3.63) is 23.7 Å². The number of nitrogens with one attached hydrogen (secondary N) is 3. The number of guanidine groups is 1. The highest BCUT2D eigenvalue weighted by atomic mass is 127. The molecule has 1 unspecified atom stereocenters. The zero-order valence-corrected chi connectivity index (χ0v) is 18.3. The van der Waals surface area contributed by atoms with Crippen LogP contribution in [0.5, 0.6) is 0 Å². The molecule has 140 valence electrons. The molecule has 1 aromatic heterocycles.